The molecule has 0 aromatic carbocycles. The number of carbonyl (C=O) groups excluding carboxylic acids is 1. The van der Waals surface area contributed by atoms with Gasteiger partial charge in [-0.1, -0.05) is 11.8 Å². The highest BCUT2D eigenvalue weighted by molar-refractivity contribution is 7.99. The summed E-state index contributed by atoms with van der Waals surface area (Å²) in [6, 6.07) is 0.957. The van der Waals surface area contributed by atoms with Crippen molar-refractivity contribution in [3.63, 3.8) is 0 Å². The van der Waals surface area contributed by atoms with E-state index in [4.69, 9.17) is 26.6 Å². The summed E-state index contributed by atoms with van der Waals surface area (Å²) >= 11 is 1.46. The molecule has 0 aliphatic heterocycles. The van der Waals surface area contributed by atoms with Crippen molar-refractivity contribution in [2.75, 3.05) is 55.0 Å². The second kappa shape index (κ2) is 13.5. The molecule has 1 aromatic heterocycles. The molecular weight excluding hydrogens is 436 g/mol. The van der Waals surface area contributed by atoms with Crippen LogP contribution in [0.4, 0.5) is 4.79 Å². The van der Waals surface area contributed by atoms with Gasteiger partial charge in [0.05, 0.1) is 0 Å². The number of hydrogen-bond acceptors (Lipinski definition) is 10. The quantitative estimate of drug-likeness (QED) is 0.230. The number of nitrogens with one attached hydrogen (secondary N) is 1. The first-order valence-electron chi connectivity index (χ1n) is 9.07. The van der Waals surface area contributed by atoms with Crippen LogP contribution in [-0.4, -0.2) is 93.4 Å². The summed E-state index contributed by atoms with van der Waals surface area (Å²) in [6.07, 6.45) is 2.87. The summed E-state index contributed by atoms with van der Waals surface area (Å²) in [4.78, 5) is 16.3. The van der Waals surface area contributed by atoms with Gasteiger partial charge in [0, 0.05) is 67.0 Å². The summed E-state index contributed by atoms with van der Waals surface area (Å²) in [6.45, 7) is 0.448. The summed E-state index contributed by atoms with van der Waals surface area (Å²) in [7, 11) is 4.30. The summed E-state index contributed by atoms with van der Waals surface area (Å²) in [5.41, 5.74) is 0. The van der Waals surface area contributed by atoms with Crippen LogP contribution in [-0.2, 0) is 26.6 Å². The van der Waals surface area contributed by atoms with E-state index in [-0.39, 0.29) is 6.03 Å². The molecular formula is C15H32N4O7SSi2. The van der Waals surface area contributed by atoms with Gasteiger partial charge in [0.15, 0.2) is 0 Å². The number of nitrogens with zero attached hydrogens (tertiary/aromatic N) is 3. The minimum Gasteiger partial charge on any atom is -0.377 e. The van der Waals surface area contributed by atoms with Crippen LogP contribution in [0.5, 0.6) is 0 Å². The van der Waals surface area contributed by atoms with Crippen molar-refractivity contribution in [2.45, 2.75) is 30.1 Å². The number of amides is 1. The van der Waals surface area contributed by atoms with E-state index in [9.17, 15) is 4.79 Å². The normalized spacial score (nSPS) is 12.3. The molecule has 1 heterocycles. The van der Waals surface area contributed by atoms with Crippen molar-refractivity contribution >= 4 is 35.4 Å². The highest BCUT2D eigenvalue weighted by Crippen LogP contribution is 2.20. The number of rotatable bonds is 15. The van der Waals surface area contributed by atoms with Crippen LogP contribution < -0.4 is 5.32 Å². The summed E-state index contributed by atoms with van der Waals surface area (Å²) < 4.78 is 33.4. The fourth-order valence-electron chi connectivity index (χ4n) is 2.56. The van der Waals surface area contributed by atoms with E-state index in [1.165, 1.54) is 22.8 Å². The van der Waals surface area contributed by atoms with Crippen LogP contribution in [0.15, 0.2) is 11.5 Å². The van der Waals surface area contributed by atoms with Gasteiger partial charge < -0.3 is 31.9 Å². The third-order valence-electron chi connectivity index (χ3n) is 4.34. The van der Waals surface area contributed by atoms with E-state index in [2.05, 4.69) is 15.4 Å². The van der Waals surface area contributed by atoms with Gasteiger partial charge in [-0.2, -0.15) is 4.68 Å². The molecule has 0 saturated heterocycles. The zero-order chi connectivity index (χ0) is 21.8. The first-order chi connectivity index (χ1) is 13.9. The molecule has 0 radical (unpaired) electrons. The van der Waals surface area contributed by atoms with Crippen molar-refractivity contribution in [3.05, 3.63) is 6.33 Å². The maximum atomic E-state index is 12.2. The Hall–Kier alpha value is -0.846. The Bertz CT molecular complexity index is 586. The maximum absolute atomic E-state index is 12.2. The summed E-state index contributed by atoms with van der Waals surface area (Å²) in [5, 5.41) is 7.51. The molecule has 1 amide bonds. The van der Waals surface area contributed by atoms with Gasteiger partial charge in [0.25, 0.3) is 0 Å². The lowest BCUT2D eigenvalue weighted by Crippen LogP contribution is -2.43. The minimum absolute atomic E-state index is 0.339. The lowest BCUT2D eigenvalue weighted by Gasteiger charge is -2.24. The number of carbonyl (C=O) groups is 1. The number of aromatic nitrogens is 3. The van der Waals surface area contributed by atoms with Crippen molar-refractivity contribution in [1.82, 2.24) is 20.1 Å². The van der Waals surface area contributed by atoms with Gasteiger partial charge in [0.1, 0.15) is 6.33 Å². The molecule has 1 aromatic rings. The molecule has 0 bridgehead atoms. The van der Waals surface area contributed by atoms with Gasteiger partial charge >= 0.3 is 23.6 Å². The van der Waals surface area contributed by atoms with E-state index in [0.717, 1.165) is 12.2 Å². The molecule has 0 spiro atoms. The topological polar surface area (TPSA) is 115 Å². The zero-order valence-corrected chi connectivity index (χ0v) is 20.7. The fraction of sp³-hybridized carbons (Fsp3) is 0.800. The van der Waals surface area contributed by atoms with E-state index in [0.29, 0.717) is 30.2 Å². The monoisotopic (exact) mass is 468 g/mol. The molecule has 0 unspecified atom stereocenters. The predicted octanol–water partition coefficient (Wildman–Crippen LogP) is 1.46. The molecule has 1 N–H and O–H groups in total. The first kappa shape index (κ1) is 26.2. The number of hydrogen-bond donors (Lipinski definition) is 1. The van der Waals surface area contributed by atoms with Crippen molar-refractivity contribution in [1.29, 1.82) is 0 Å². The van der Waals surface area contributed by atoms with Crippen LogP contribution in [0, 0.1) is 0 Å². The van der Waals surface area contributed by atoms with Gasteiger partial charge in [0.2, 0.25) is 5.16 Å². The average Bonchev–Trinajstić information content (AvgIpc) is 3.24. The molecule has 0 aliphatic rings. The lowest BCUT2D eigenvalue weighted by molar-refractivity contribution is 0.122. The Labute approximate surface area is 178 Å². The Morgan fingerprint density at radius 3 is 2.00 bits per heavy atom. The Morgan fingerprint density at radius 1 is 0.966 bits per heavy atom. The first-order valence-corrected chi connectivity index (χ1v) is 13.9. The SMILES string of the molecule is CO[Si](CCCNC(=O)n1cnc(SCCC[Si](OC)(OC)OC)n1)(OC)OC. The van der Waals surface area contributed by atoms with E-state index >= 15 is 0 Å². The molecule has 0 atom stereocenters. The van der Waals surface area contributed by atoms with E-state index in [1.54, 1.807) is 42.7 Å². The Balaban J connectivity index is 2.36. The average molecular weight is 469 g/mol. The second-order valence-electron chi connectivity index (χ2n) is 5.85. The third-order valence-corrected chi connectivity index (χ3v) is 10.9. The molecule has 1 rings (SSSR count). The van der Waals surface area contributed by atoms with Crippen molar-refractivity contribution in [3.8, 4) is 0 Å². The molecule has 0 saturated carbocycles. The van der Waals surface area contributed by atoms with Crippen molar-refractivity contribution < 1.29 is 31.4 Å². The molecule has 168 valence electrons. The molecule has 11 nitrogen and oxygen atoms in total. The van der Waals surface area contributed by atoms with Gasteiger partial charge in [-0.3, -0.25) is 0 Å². The minimum atomic E-state index is -2.62. The van der Waals surface area contributed by atoms with Gasteiger partial charge in [-0.05, 0) is 12.8 Å². The standard InChI is InChI=1S/C15H32N4O7SSi2/c1-21-28(22-2,23-3)11-7-9-16-15(20)19-13-17-14(18-19)27-10-8-12-29(24-4,25-5)26-6/h13H,7-12H2,1-6H3,(H,16,20). The fourth-order valence-corrected chi connectivity index (χ4v) is 7.00. The highest BCUT2D eigenvalue weighted by atomic mass is 32.2. The molecule has 0 fully saturated rings. The highest BCUT2D eigenvalue weighted by Gasteiger charge is 2.37. The molecule has 0 aliphatic carbocycles. The zero-order valence-electron chi connectivity index (χ0n) is 17.9. The smallest absolute Gasteiger partial charge is 0.377 e. The largest absolute Gasteiger partial charge is 0.500 e. The molecule has 14 heteroatoms. The van der Waals surface area contributed by atoms with Crippen LogP contribution in [0.3, 0.4) is 0 Å². The van der Waals surface area contributed by atoms with Gasteiger partial charge in [-0.25, -0.2) is 9.78 Å². The van der Waals surface area contributed by atoms with Crippen LogP contribution in [0.25, 0.3) is 0 Å². The van der Waals surface area contributed by atoms with Crippen LogP contribution in [0.2, 0.25) is 12.1 Å². The van der Waals surface area contributed by atoms with Crippen molar-refractivity contribution in [2.24, 2.45) is 0 Å². The van der Waals surface area contributed by atoms with Crippen LogP contribution >= 0.6 is 11.8 Å². The second-order valence-corrected chi connectivity index (χ2v) is 13.1. The lowest BCUT2D eigenvalue weighted by atomic mass is 10.5. The summed E-state index contributed by atoms with van der Waals surface area (Å²) in [5.74, 6) is 0.758. The van der Waals surface area contributed by atoms with Gasteiger partial charge in [-0.15, -0.1) is 5.10 Å². The maximum Gasteiger partial charge on any atom is 0.500 e. The Kier molecular flexibility index (Phi) is 12.2. The Morgan fingerprint density at radius 2 is 1.48 bits per heavy atom. The predicted molar refractivity (Wildman–Crippen MR) is 112 cm³/mol. The van der Waals surface area contributed by atoms with E-state index in [1.807, 2.05) is 0 Å². The third kappa shape index (κ3) is 8.07. The molecule has 29 heavy (non-hydrogen) atoms. The van der Waals surface area contributed by atoms with E-state index < -0.39 is 17.6 Å². The number of thioether (sulfide) groups is 1. The van der Waals surface area contributed by atoms with Crippen LogP contribution in [0.1, 0.15) is 12.8 Å².